The highest BCUT2D eigenvalue weighted by atomic mass is 16.5. The van der Waals surface area contributed by atoms with Crippen LogP contribution in [0.1, 0.15) is 23.7 Å². The number of carbonyl (C=O) groups is 2. The van der Waals surface area contributed by atoms with Gasteiger partial charge in [-0.25, -0.2) is 4.79 Å². The van der Waals surface area contributed by atoms with E-state index >= 15 is 0 Å². The van der Waals surface area contributed by atoms with Gasteiger partial charge < -0.3 is 19.7 Å². The number of fused-ring (bicyclic) bond motifs is 1. The van der Waals surface area contributed by atoms with Crippen molar-refractivity contribution in [2.45, 2.75) is 19.9 Å². The van der Waals surface area contributed by atoms with E-state index in [1.54, 1.807) is 6.92 Å². The fourth-order valence-corrected chi connectivity index (χ4v) is 3.53. The van der Waals surface area contributed by atoms with Gasteiger partial charge in [-0.05, 0) is 31.5 Å². The molecular formula is C18H21N3O6. The Morgan fingerprint density at radius 1 is 1.33 bits per heavy atom. The average Bonchev–Trinajstić information content (AvgIpc) is 3.07. The first-order valence-electron chi connectivity index (χ1n) is 8.61. The summed E-state index contributed by atoms with van der Waals surface area (Å²) in [5.41, 5.74) is -1.51. The van der Waals surface area contributed by atoms with E-state index in [9.17, 15) is 24.3 Å². The van der Waals surface area contributed by atoms with Crippen molar-refractivity contribution >= 4 is 22.8 Å². The zero-order chi connectivity index (χ0) is 19.8. The maximum Gasteiger partial charge on any atom is 0.328 e. The number of hydrogen-bond donors (Lipinski definition) is 2. The van der Waals surface area contributed by atoms with E-state index in [4.69, 9.17) is 4.74 Å². The zero-order valence-corrected chi connectivity index (χ0v) is 15.2. The first-order chi connectivity index (χ1) is 12.8. The van der Waals surface area contributed by atoms with Crippen LogP contribution in [-0.2, 0) is 16.1 Å². The summed E-state index contributed by atoms with van der Waals surface area (Å²) < 4.78 is 6.11. The molecule has 0 aliphatic carbocycles. The number of rotatable bonds is 5. The number of aromatic nitrogens is 2. The number of carboxylic acids is 1. The molecule has 0 bridgehead atoms. The minimum atomic E-state index is -1.12. The fraction of sp³-hybridized carbons (Fsp3) is 0.444. The molecule has 144 valence electrons. The number of benzene rings is 1. The van der Waals surface area contributed by atoms with Crippen LogP contribution in [0.4, 0.5) is 0 Å². The number of H-pyrrole nitrogens is 1. The number of likely N-dealkylation sites (tertiary alicyclic amines) is 1. The first-order valence-corrected chi connectivity index (χ1v) is 8.61. The van der Waals surface area contributed by atoms with Crippen molar-refractivity contribution in [3.8, 4) is 0 Å². The third-order valence-electron chi connectivity index (χ3n) is 5.06. The smallest absolute Gasteiger partial charge is 0.328 e. The number of hydrogen-bond acceptors (Lipinski definition) is 5. The summed E-state index contributed by atoms with van der Waals surface area (Å²) in [5, 5.41) is 9.84. The molecule has 0 radical (unpaired) electrons. The van der Waals surface area contributed by atoms with E-state index in [0.29, 0.717) is 18.4 Å². The van der Waals surface area contributed by atoms with Crippen LogP contribution < -0.4 is 11.2 Å². The second kappa shape index (κ2) is 6.99. The van der Waals surface area contributed by atoms with Crippen molar-refractivity contribution in [2.24, 2.45) is 5.41 Å². The van der Waals surface area contributed by atoms with Gasteiger partial charge in [0.2, 0.25) is 0 Å². The quantitative estimate of drug-likeness (QED) is 0.774. The van der Waals surface area contributed by atoms with E-state index in [2.05, 4.69) is 4.98 Å². The van der Waals surface area contributed by atoms with Crippen LogP contribution in [-0.4, -0.2) is 58.2 Å². The molecule has 9 nitrogen and oxygen atoms in total. The Bertz CT molecular complexity index is 1020. The molecule has 1 aliphatic rings. The van der Waals surface area contributed by atoms with Crippen LogP contribution >= 0.6 is 0 Å². The Morgan fingerprint density at radius 3 is 2.70 bits per heavy atom. The molecule has 1 atom stereocenters. The Labute approximate surface area is 154 Å². The highest BCUT2D eigenvalue weighted by Crippen LogP contribution is 2.32. The summed E-state index contributed by atoms with van der Waals surface area (Å²) in [4.78, 5) is 52.8. The molecular weight excluding hydrogens is 354 g/mol. The predicted molar refractivity (Wildman–Crippen MR) is 97.0 cm³/mol. The van der Waals surface area contributed by atoms with Crippen molar-refractivity contribution in [3.05, 3.63) is 44.6 Å². The van der Waals surface area contributed by atoms with Gasteiger partial charge >= 0.3 is 11.7 Å². The number of aliphatic carboxylic acids is 1. The number of methoxy groups -OCH3 is 1. The molecule has 0 saturated carbocycles. The molecule has 2 N–H and O–H groups in total. The summed E-state index contributed by atoms with van der Waals surface area (Å²) in [7, 11) is 1.43. The summed E-state index contributed by atoms with van der Waals surface area (Å²) in [6, 6.07) is 4.47. The van der Waals surface area contributed by atoms with E-state index in [1.807, 2.05) is 0 Å². The summed E-state index contributed by atoms with van der Waals surface area (Å²) >= 11 is 0. The second-order valence-electron chi connectivity index (χ2n) is 6.74. The maximum absolute atomic E-state index is 12.8. The fourth-order valence-electron chi connectivity index (χ4n) is 3.53. The van der Waals surface area contributed by atoms with Gasteiger partial charge in [0.25, 0.3) is 11.5 Å². The summed E-state index contributed by atoms with van der Waals surface area (Å²) in [6.45, 7) is 2.30. The van der Waals surface area contributed by atoms with Gasteiger partial charge in [0.05, 0.1) is 17.5 Å². The first kappa shape index (κ1) is 18.8. The van der Waals surface area contributed by atoms with Gasteiger partial charge in [-0.2, -0.15) is 0 Å². The van der Waals surface area contributed by atoms with Crippen LogP contribution in [0.3, 0.4) is 0 Å². The SMILES string of the molecule is CCn1c(=O)[nH]c2cc(C(=O)N3CCC(COC)(C(=O)O)C3)ccc2c1=O. The normalized spacial score (nSPS) is 19.6. The molecule has 9 heteroatoms. The molecule has 1 amide bonds. The highest BCUT2D eigenvalue weighted by molar-refractivity contribution is 5.98. The lowest BCUT2D eigenvalue weighted by molar-refractivity contribution is -0.151. The van der Waals surface area contributed by atoms with Crippen molar-refractivity contribution in [2.75, 3.05) is 26.8 Å². The Balaban J connectivity index is 1.94. The third-order valence-corrected chi connectivity index (χ3v) is 5.06. The lowest BCUT2D eigenvalue weighted by atomic mass is 9.88. The van der Waals surface area contributed by atoms with E-state index in [1.165, 1.54) is 30.2 Å². The third kappa shape index (κ3) is 3.14. The van der Waals surface area contributed by atoms with Gasteiger partial charge in [-0.15, -0.1) is 0 Å². The number of amides is 1. The standard InChI is InChI=1S/C18H21N3O6/c1-3-21-15(23)12-5-4-11(8-13(12)19-17(21)26)14(22)20-7-6-18(9-20,10-27-2)16(24)25/h4-5,8H,3,6-7,9-10H2,1-2H3,(H,19,26)(H,24,25). The molecule has 3 rings (SSSR count). The van der Waals surface area contributed by atoms with Crippen molar-refractivity contribution in [3.63, 3.8) is 0 Å². The molecule has 1 saturated heterocycles. The largest absolute Gasteiger partial charge is 0.481 e. The molecule has 0 spiro atoms. The van der Waals surface area contributed by atoms with Gasteiger partial charge in [0, 0.05) is 32.3 Å². The Kier molecular flexibility index (Phi) is 4.88. The summed E-state index contributed by atoms with van der Waals surface area (Å²) in [6.07, 6.45) is 0.299. The van der Waals surface area contributed by atoms with Crippen molar-refractivity contribution in [1.29, 1.82) is 0 Å². The predicted octanol–water partition coefficient (Wildman–Crippen LogP) is 0.273. The molecule has 1 fully saturated rings. The number of ether oxygens (including phenoxy) is 1. The minimum Gasteiger partial charge on any atom is -0.481 e. The molecule has 2 aromatic rings. The summed E-state index contributed by atoms with van der Waals surface area (Å²) in [5.74, 6) is -1.35. The van der Waals surface area contributed by atoms with Crippen LogP contribution in [0.2, 0.25) is 0 Å². The van der Waals surface area contributed by atoms with Crippen molar-refractivity contribution in [1.82, 2.24) is 14.5 Å². The number of carbonyl (C=O) groups excluding carboxylic acids is 1. The zero-order valence-electron chi connectivity index (χ0n) is 15.2. The van der Waals surface area contributed by atoms with Crippen LogP contribution in [0, 0.1) is 5.41 Å². The van der Waals surface area contributed by atoms with Crippen molar-refractivity contribution < 1.29 is 19.4 Å². The average molecular weight is 375 g/mol. The Hall–Kier alpha value is -2.94. The molecule has 1 unspecified atom stereocenters. The van der Waals surface area contributed by atoms with Crippen LogP contribution in [0.25, 0.3) is 10.9 Å². The van der Waals surface area contributed by atoms with Crippen LogP contribution in [0.15, 0.2) is 27.8 Å². The molecule has 2 heterocycles. The van der Waals surface area contributed by atoms with E-state index in [-0.39, 0.29) is 36.7 Å². The maximum atomic E-state index is 12.8. The topological polar surface area (TPSA) is 122 Å². The number of carboxylic acid groups (broad SMARTS) is 1. The van der Waals surface area contributed by atoms with Gasteiger partial charge in [-0.1, -0.05) is 0 Å². The lowest BCUT2D eigenvalue weighted by Crippen LogP contribution is -2.40. The highest BCUT2D eigenvalue weighted by Gasteiger charge is 2.46. The second-order valence-corrected chi connectivity index (χ2v) is 6.74. The van der Waals surface area contributed by atoms with E-state index < -0.39 is 22.6 Å². The molecule has 27 heavy (non-hydrogen) atoms. The molecule has 1 aromatic carbocycles. The number of nitrogens with zero attached hydrogens (tertiary/aromatic N) is 2. The van der Waals surface area contributed by atoms with Gasteiger partial charge in [-0.3, -0.25) is 19.0 Å². The monoisotopic (exact) mass is 375 g/mol. The van der Waals surface area contributed by atoms with Crippen LogP contribution in [0.5, 0.6) is 0 Å². The van der Waals surface area contributed by atoms with E-state index in [0.717, 1.165) is 4.57 Å². The Morgan fingerprint density at radius 2 is 2.07 bits per heavy atom. The van der Waals surface area contributed by atoms with Gasteiger partial charge in [0.15, 0.2) is 0 Å². The van der Waals surface area contributed by atoms with Gasteiger partial charge in [0.1, 0.15) is 5.41 Å². The number of nitrogens with one attached hydrogen (secondary N) is 1. The number of aromatic amines is 1. The molecule has 1 aliphatic heterocycles. The minimum absolute atomic E-state index is 0.0215. The lowest BCUT2D eigenvalue weighted by Gasteiger charge is -2.23. The molecule has 1 aromatic heterocycles.